The van der Waals surface area contributed by atoms with Crippen LogP contribution in [-0.4, -0.2) is 20.0 Å². The Balaban J connectivity index is 4.10. The van der Waals surface area contributed by atoms with Gasteiger partial charge in [-0.3, -0.25) is 0 Å². The lowest BCUT2D eigenvalue weighted by molar-refractivity contribution is 0.189. The van der Waals surface area contributed by atoms with Crippen molar-refractivity contribution in [2.75, 3.05) is 0 Å². The van der Waals surface area contributed by atoms with Crippen LogP contribution in [0.1, 0.15) is 20.8 Å². The second-order valence-electron chi connectivity index (χ2n) is 3.14. The van der Waals surface area contributed by atoms with E-state index < -0.39 is 22.1 Å². The second-order valence-corrected chi connectivity index (χ2v) is 4.09. The fourth-order valence-corrected chi connectivity index (χ4v) is 0.640. The third-order valence-corrected chi connectivity index (χ3v) is 1.00. The highest BCUT2D eigenvalue weighted by atomic mass is 32.3. The van der Waals surface area contributed by atoms with E-state index in [1.54, 1.807) is 20.8 Å². The van der Waals surface area contributed by atoms with Gasteiger partial charge in [-0.1, -0.05) is 3.89 Å². The zero-order valence-corrected chi connectivity index (χ0v) is 7.74. The summed E-state index contributed by atoms with van der Waals surface area (Å²) < 4.78 is 34.6. The van der Waals surface area contributed by atoms with Gasteiger partial charge in [-0.15, -0.1) is 0 Å². The van der Waals surface area contributed by atoms with Gasteiger partial charge in [0, 0.05) is 5.54 Å². The molecule has 1 N–H and O–H groups in total. The van der Waals surface area contributed by atoms with E-state index in [9.17, 15) is 17.1 Å². The highest BCUT2D eigenvalue weighted by molar-refractivity contribution is 7.81. The summed E-state index contributed by atoms with van der Waals surface area (Å²) >= 11 is 0. The van der Waals surface area contributed by atoms with Crippen molar-refractivity contribution in [1.29, 1.82) is 0 Å². The number of rotatable bonds is 1. The zero-order valence-electron chi connectivity index (χ0n) is 6.92. The Labute approximate surface area is 70.3 Å². The first-order chi connectivity index (χ1) is 5.10. The van der Waals surface area contributed by atoms with Crippen molar-refractivity contribution >= 4 is 16.6 Å². The SMILES string of the molecule is CC(C)(C)NC(=O)OS(=O)(=O)F. The van der Waals surface area contributed by atoms with Crippen LogP contribution in [0.4, 0.5) is 8.68 Å². The first-order valence-electron chi connectivity index (χ1n) is 3.06. The first-order valence-corrected chi connectivity index (χ1v) is 4.37. The normalized spacial score (nSPS) is 12.3. The summed E-state index contributed by atoms with van der Waals surface area (Å²) in [5.74, 6) is 0. The molecule has 0 aromatic carbocycles. The van der Waals surface area contributed by atoms with E-state index in [4.69, 9.17) is 0 Å². The molecule has 0 aromatic heterocycles. The molecule has 0 saturated carbocycles. The second kappa shape index (κ2) is 3.26. The molecule has 0 fully saturated rings. The number of halogens is 1. The van der Waals surface area contributed by atoms with Crippen molar-refractivity contribution in [2.24, 2.45) is 0 Å². The molecule has 7 heteroatoms. The average molecular weight is 199 g/mol. The maximum atomic E-state index is 11.7. The van der Waals surface area contributed by atoms with Crippen LogP contribution in [0.2, 0.25) is 0 Å². The molecule has 0 spiro atoms. The quantitative estimate of drug-likeness (QED) is 0.632. The number of nitrogens with one attached hydrogen (secondary N) is 1. The molecule has 0 radical (unpaired) electrons. The Morgan fingerprint density at radius 1 is 1.42 bits per heavy atom. The summed E-state index contributed by atoms with van der Waals surface area (Å²) in [5, 5.41) is 2.10. The van der Waals surface area contributed by atoms with E-state index in [0.29, 0.717) is 0 Å². The van der Waals surface area contributed by atoms with Gasteiger partial charge in [0.2, 0.25) is 0 Å². The van der Waals surface area contributed by atoms with Gasteiger partial charge in [0.25, 0.3) is 0 Å². The largest absolute Gasteiger partial charge is 0.492 e. The van der Waals surface area contributed by atoms with Gasteiger partial charge in [0.05, 0.1) is 0 Å². The molecule has 0 aliphatic rings. The maximum absolute atomic E-state index is 11.7. The van der Waals surface area contributed by atoms with Gasteiger partial charge in [-0.2, -0.15) is 8.42 Å². The fraction of sp³-hybridized carbons (Fsp3) is 0.800. The Hall–Kier alpha value is -0.850. The summed E-state index contributed by atoms with van der Waals surface area (Å²) in [6.45, 7) is 4.79. The number of hydrogen-bond donors (Lipinski definition) is 1. The Morgan fingerprint density at radius 3 is 2.08 bits per heavy atom. The van der Waals surface area contributed by atoms with Crippen molar-refractivity contribution < 1.29 is 21.3 Å². The van der Waals surface area contributed by atoms with Crippen LogP contribution in [0.25, 0.3) is 0 Å². The summed E-state index contributed by atoms with van der Waals surface area (Å²) in [6.07, 6.45) is -1.33. The molecule has 12 heavy (non-hydrogen) atoms. The number of amides is 1. The van der Waals surface area contributed by atoms with Crippen molar-refractivity contribution in [3.63, 3.8) is 0 Å². The molecular weight excluding hydrogens is 189 g/mol. The standard InChI is InChI=1S/C5H10FNO4S/c1-5(2,3)7-4(8)11-12(6,9)10/h1-3H3,(H,7,8). The van der Waals surface area contributed by atoms with Crippen LogP contribution in [0.5, 0.6) is 0 Å². The van der Waals surface area contributed by atoms with E-state index in [2.05, 4.69) is 9.50 Å². The van der Waals surface area contributed by atoms with Crippen LogP contribution in [0.3, 0.4) is 0 Å². The third kappa shape index (κ3) is 7.26. The van der Waals surface area contributed by atoms with Gasteiger partial charge >= 0.3 is 16.6 Å². The topological polar surface area (TPSA) is 72.5 Å². The number of carbonyl (C=O) groups is 1. The Morgan fingerprint density at radius 2 is 1.83 bits per heavy atom. The van der Waals surface area contributed by atoms with Crippen molar-refractivity contribution in [3.8, 4) is 0 Å². The highest BCUT2D eigenvalue weighted by Crippen LogP contribution is 2.01. The summed E-state index contributed by atoms with van der Waals surface area (Å²) in [5.41, 5.74) is -0.665. The van der Waals surface area contributed by atoms with E-state index in [0.717, 1.165) is 0 Å². The Kier molecular flexibility index (Phi) is 3.03. The third-order valence-electron chi connectivity index (χ3n) is 0.652. The molecule has 0 bridgehead atoms. The molecule has 1 amide bonds. The lowest BCUT2D eigenvalue weighted by Crippen LogP contribution is -2.41. The van der Waals surface area contributed by atoms with E-state index in [-0.39, 0.29) is 0 Å². The molecule has 0 aromatic rings. The van der Waals surface area contributed by atoms with E-state index >= 15 is 0 Å². The average Bonchev–Trinajstić information content (AvgIpc) is 1.49. The number of hydrogen-bond acceptors (Lipinski definition) is 4. The molecule has 0 rings (SSSR count). The molecule has 72 valence electrons. The van der Waals surface area contributed by atoms with Gasteiger partial charge in [-0.05, 0) is 20.8 Å². The molecule has 0 aliphatic carbocycles. The van der Waals surface area contributed by atoms with Crippen molar-refractivity contribution in [1.82, 2.24) is 5.32 Å². The minimum absolute atomic E-state index is 0.665. The molecule has 0 atom stereocenters. The highest BCUT2D eigenvalue weighted by Gasteiger charge is 2.20. The van der Waals surface area contributed by atoms with Gasteiger partial charge in [-0.25, -0.2) is 4.79 Å². The first kappa shape index (κ1) is 11.2. The molecule has 0 aliphatic heterocycles. The predicted octanol–water partition coefficient (Wildman–Crippen LogP) is 0.725. The monoisotopic (exact) mass is 199 g/mol. The minimum Gasteiger partial charge on any atom is -0.316 e. The van der Waals surface area contributed by atoms with Crippen LogP contribution in [0.15, 0.2) is 0 Å². The van der Waals surface area contributed by atoms with Gasteiger partial charge in [0.15, 0.2) is 0 Å². The van der Waals surface area contributed by atoms with Gasteiger partial charge in [0.1, 0.15) is 0 Å². The zero-order chi connectivity index (χ0) is 9.99. The lowest BCUT2D eigenvalue weighted by atomic mass is 10.1. The molecule has 5 nitrogen and oxygen atoms in total. The van der Waals surface area contributed by atoms with Crippen LogP contribution < -0.4 is 5.32 Å². The molecular formula is C5H10FNO4S. The van der Waals surface area contributed by atoms with Crippen LogP contribution in [-0.2, 0) is 14.7 Å². The van der Waals surface area contributed by atoms with Crippen molar-refractivity contribution in [3.05, 3.63) is 0 Å². The lowest BCUT2D eigenvalue weighted by Gasteiger charge is -2.18. The van der Waals surface area contributed by atoms with E-state index in [1.807, 2.05) is 0 Å². The van der Waals surface area contributed by atoms with Crippen molar-refractivity contribution in [2.45, 2.75) is 26.3 Å². The van der Waals surface area contributed by atoms with Crippen LogP contribution >= 0.6 is 0 Å². The molecule has 0 heterocycles. The summed E-state index contributed by atoms with van der Waals surface area (Å²) in [6, 6.07) is 0. The Bertz CT molecular complexity index is 266. The predicted molar refractivity (Wildman–Crippen MR) is 39.4 cm³/mol. The number of carbonyl (C=O) groups excluding carboxylic acids is 1. The smallest absolute Gasteiger partial charge is 0.316 e. The fourth-order valence-electron chi connectivity index (χ4n) is 0.417. The molecule has 0 saturated heterocycles. The minimum atomic E-state index is -5.21. The van der Waals surface area contributed by atoms with Gasteiger partial charge < -0.3 is 9.50 Å². The van der Waals surface area contributed by atoms with Crippen LogP contribution in [0, 0.1) is 0 Å². The molecule has 0 unspecified atom stereocenters. The summed E-state index contributed by atoms with van der Waals surface area (Å²) in [4.78, 5) is 10.5. The van der Waals surface area contributed by atoms with E-state index in [1.165, 1.54) is 0 Å². The summed E-state index contributed by atoms with van der Waals surface area (Å²) in [7, 11) is -5.21. The maximum Gasteiger partial charge on any atom is 0.492 e.